The van der Waals surface area contributed by atoms with Gasteiger partial charge in [-0.2, -0.15) is 0 Å². The summed E-state index contributed by atoms with van der Waals surface area (Å²) < 4.78 is 5.18. The number of benzene rings is 8. The summed E-state index contributed by atoms with van der Waals surface area (Å²) in [4.78, 5) is 15.1. The standard InChI is InChI=1S/C57H35N3S2/c1-2-11-36(12-3-1)37-13-8-15-41(27-37)51-34-52(60-57(59-51)42-16-9-14-38(28-42)43-17-10-26-58-35-43)46-30-44(39-22-24-55-49(32-39)47-18-4-6-20-53(47)61-55)29-45(31-46)40-23-25-56-50(33-40)48-19-5-7-21-54(48)62-56/h1-35H. The quantitative estimate of drug-likeness (QED) is 0.161. The van der Waals surface area contributed by atoms with Crippen molar-refractivity contribution in [2.45, 2.75) is 0 Å². The minimum Gasteiger partial charge on any atom is -0.264 e. The van der Waals surface area contributed by atoms with Gasteiger partial charge in [-0.15, -0.1) is 22.7 Å². The minimum atomic E-state index is 0.664. The average Bonchev–Trinajstić information content (AvgIpc) is 3.92. The zero-order chi connectivity index (χ0) is 41.0. The molecule has 0 unspecified atom stereocenters. The lowest BCUT2D eigenvalue weighted by Gasteiger charge is -2.14. The lowest BCUT2D eigenvalue weighted by atomic mass is 9.93. The van der Waals surface area contributed by atoms with E-state index >= 15 is 0 Å². The SMILES string of the molecule is c1ccc(-c2cccc(-c3cc(-c4cc(-c5ccc6sc7ccccc7c6c5)cc(-c5ccc6sc7ccccc7c6c5)c4)nc(-c4cccc(-c5cccnc5)c4)n3)c2)cc1. The number of nitrogens with zero attached hydrogens (tertiary/aromatic N) is 3. The van der Waals surface area contributed by atoms with E-state index in [1.165, 1.54) is 51.5 Å². The molecule has 0 saturated carbocycles. The van der Waals surface area contributed by atoms with Crippen molar-refractivity contribution >= 4 is 63.0 Å². The second-order valence-corrected chi connectivity index (χ2v) is 17.8. The molecule has 0 bridgehead atoms. The molecule has 0 spiro atoms. The molecule has 0 radical (unpaired) electrons. The molecule has 0 fully saturated rings. The predicted octanol–water partition coefficient (Wildman–Crippen LogP) is 16.3. The van der Waals surface area contributed by atoms with Crippen LogP contribution in [0.4, 0.5) is 0 Å². The van der Waals surface area contributed by atoms with Crippen LogP contribution in [0.1, 0.15) is 0 Å². The minimum absolute atomic E-state index is 0.664. The van der Waals surface area contributed by atoms with Gasteiger partial charge in [-0.1, -0.05) is 121 Å². The van der Waals surface area contributed by atoms with Crippen LogP contribution >= 0.6 is 22.7 Å². The van der Waals surface area contributed by atoms with Gasteiger partial charge >= 0.3 is 0 Å². The summed E-state index contributed by atoms with van der Waals surface area (Å²) in [6.07, 6.45) is 3.70. The van der Waals surface area contributed by atoms with Gasteiger partial charge in [0.2, 0.25) is 0 Å². The monoisotopic (exact) mass is 825 g/mol. The van der Waals surface area contributed by atoms with Crippen molar-refractivity contribution in [2.75, 3.05) is 0 Å². The van der Waals surface area contributed by atoms with Crippen molar-refractivity contribution in [3.63, 3.8) is 0 Å². The zero-order valence-electron chi connectivity index (χ0n) is 33.4. The lowest BCUT2D eigenvalue weighted by Crippen LogP contribution is -1.97. The summed E-state index contributed by atoms with van der Waals surface area (Å²) in [5.41, 5.74) is 13.7. The number of rotatable bonds is 7. The van der Waals surface area contributed by atoms with E-state index in [0.29, 0.717) is 5.82 Å². The van der Waals surface area contributed by atoms with E-state index in [-0.39, 0.29) is 0 Å². The number of hydrogen-bond donors (Lipinski definition) is 0. The van der Waals surface area contributed by atoms with Crippen LogP contribution in [0.5, 0.6) is 0 Å². The summed E-state index contributed by atoms with van der Waals surface area (Å²) in [6.45, 7) is 0. The molecule has 0 aliphatic carbocycles. The van der Waals surface area contributed by atoms with Gasteiger partial charge in [0.1, 0.15) is 0 Å². The molecule has 0 saturated heterocycles. The van der Waals surface area contributed by atoms with E-state index in [1.54, 1.807) is 6.20 Å². The van der Waals surface area contributed by atoms with Crippen LogP contribution < -0.4 is 0 Å². The second-order valence-electron chi connectivity index (χ2n) is 15.6. The molecule has 290 valence electrons. The Balaban J connectivity index is 1.08. The second kappa shape index (κ2) is 15.2. The average molecular weight is 826 g/mol. The molecule has 62 heavy (non-hydrogen) atoms. The summed E-state index contributed by atoms with van der Waals surface area (Å²) in [7, 11) is 0. The van der Waals surface area contributed by atoms with Crippen LogP contribution in [-0.2, 0) is 0 Å². The Morgan fingerprint density at radius 1 is 0.274 bits per heavy atom. The number of pyridine rings is 1. The Morgan fingerprint density at radius 3 is 1.39 bits per heavy atom. The van der Waals surface area contributed by atoms with Crippen molar-refractivity contribution in [3.05, 3.63) is 213 Å². The van der Waals surface area contributed by atoms with E-state index < -0.39 is 0 Å². The van der Waals surface area contributed by atoms with Crippen molar-refractivity contribution < 1.29 is 0 Å². The van der Waals surface area contributed by atoms with Crippen molar-refractivity contribution in [3.8, 4) is 78.4 Å². The van der Waals surface area contributed by atoms with Gasteiger partial charge in [0.05, 0.1) is 11.4 Å². The molecule has 4 aromatic heterocycles. The Kier molecular flexibility index (Phi) is 8.87. The molecule has 12 aromatic rings. The van der Waals surface area contributed by atoms with Crippen LogP contribution in [0.2, 0.25) is 0 Å². The largest absolute Gasteiger partial charge is 0.264 e. The lowest BCUT2D eigenvalue weighted by molar-refractivity contribution is 1.18. The van der Waals surface area contributed by atoms with Crippen LogP contribution in [-0.4, -0.2) is 15.0 Å². The maximum Gasteiger partial charge on any atom is 0.160 e. The molecule has 3 nitrogen and oxygen atoms in total. The van der Waals surface area contributed by atoms with Crippen LogP contribution in [0.3, 0.4) is 0 Å². The van der Waals surface area contributed by atoms with E-state index in [9.17, 15) is 0 Å². The van der Waals surface area contributed by atoms with E-state index in [1.807, 2.05) is 34.9 Å². The first kappa shape index (κ1) is 36.3. The van der Waals surface area contributed by atoms with E-state index in [4.69, 9.17) is 9.97 Å². The third kappa shape index (κ3) is 6.65. The zero-order valence-corrected chi connectivity index (χ0v) is 35.0. The normalized spacial score (nSPS) is 11.5. The van der Waals surface area contributed by atoms with Gasteiger partial charge < -0.3 is 0 Å². The molecule has 0 N–H and O–H groups in total. The molecule has 4 heterocycles. The highest BCUT2D eigenvalue weighted by Gasteiger charge is 2.17. The van der Waals surface area contributed by atoms with Crippen molar-refractivity contribution in [2.24, 2.45) is 0 Å². The number of thiophene rings is 2. The molecule has 0 amide bonds. The van der Waals surface area contributed by atoms with Crippen molar-refractivity contribution in [1.29, 1.82) is 0 Å². The molecule has 12 rings (SSSR count). The smallest absolute Gasteiger partial charge is 0.160 e. The van der Waals surface area contributed by atoms with Gasteiger partial charge in [0, 0.05) is 75.0 Å². The molecular formula is C57H35N3S2. The molecular weight excluding hydrogens is 791 g/mol. The van der Waals surface area contributed by atoms with E-state index in [2.05, 4.69) is 199 Å². The highest BCUT2D eigenvalue weighted by atomic mass is 32.1. The first-order valence-corrected chi connectivity index (χ1v) is 22.3. The van der Waals surface area contributed by atoms with Crippen molar-refractivity contribution in [1.82, 2.24) is 15.0 Å². The van der Waals surface area contributed by atoms with Gasteiger partial charge in [-0.25, -0.2) is 9.97 Å². The van der Waals surface area contributed by atoms with Crippen LogP contribution in [0.25, 0.3) is 119 Å². The maximum absolute atomic E-state index is 5.43. The van der Waals surface area contributed by atoms with Gasteiger partial charge in [0.15, 0.2) is 5.82 Å². The van der Waals surface area contributed by atoms with Crippen LogP contribution in [0.15, 0.2) is 213 Å². The first-order valence-electron chi connectivity index (χ1n) is 20.7. The molecule has 5 heteroatoms. The van der Waals surface area contributed by atoms with E-state index in [0.717, 1.165) is 61.5 Å². The highest BCUT2D eigenvalue weighted by molar-refractivity contribution is 7.26. The fourth-order valence-corrected chi connectivity index (χ4v) is 10.8. The number of fused-ring (bicyclic) bond motifs is 6. The first-order chi connectivity index (χ1) is 30.7. The fraction of sp³-hybridized carbons (Fsp3) is 0. The Labute approximate surface area is 366 Å². The molecule has 0 aliphatic heterocycles. The predicted molar refractivity (Wildman–Crippen MR) is 264 cm³/mol. The third-order valence-electron chi connectivity index (χ3n) is 11.8. The topological polar surface area (TPSA) is 38.7 Å². The van der Waals surface area contributed by atoms with Crippen LogP contribution in [0, 0.1) is 0 Å². The summed E-state index contributed by atoms with van der Waals surface area (Å²) in [6, 6.07) is 72.1. The third-order valence-corrected chi connectivity index (χ3v) is 14.1. The number of hydrogen-bond acceptors (Lipinski definition) is 5. The maximum atomic E-state index is 5.43. The fourth-order valence-electron chi connectivity index (χ4n) is 8.65. The molecule has 0 aliphatic rings. The van der Waals surface area contributed by atoms with Gasteiger partial charge in [-0.05, 0) is 118 Å². The number of aromatic nitrogens is 3. The Hall–Kier alpha value is -7.57. The highest BCUT2D eigenvalue weighted by Crippen LogP contribution is 2.41. The summed E-state index contributed by atoms with van der Waals surface area (Å²) in [5.74, 6) is 0.664. The molecule has 0 atom stereocenters. The summed E-state index contributed by atoms with van der Waals surface area (Å²) >= 11 is 3.69. The van der Waals surface area contributed by atoms with Gasteiger partial charge in [-0.3, -0.25) is 4.98 Å². The van der Waals surface area contributed by atoms with Gasteiger partial charge in [0.25, 0.3) is 0 Å². The Morgan fingerprint density at radius 2 is 0.742 bits per heavy atom. The summed E-state index contributed by atoms with van der Waals surface area (Å²) in [5, 5.41) is 5.13. The molecule has 8 aromatic carbocycles. The Bertz CT molecular complexity index is 3410.